The minimum atomic E-state index is -0.356. The van der Waals surface area contributed by atoms with E-state index in [1.165, 1.54) is 5.56 Å². The number of hydrogen-bond acceptors (Lipinski definition) is 4. The van der Waals surface area contributed by atoms with Crippen molar-refractivity contribution in [3.05, 3.63) is 40.5 Å². The van der Waals surface area contributed by atoms with E-state index in [0.29, 0.717) is 17.4 Å². The average molecular weight is 386 g/mol. The van der Waals surface area contributed by atoms with Gasteiger partial charge in [0, 0.05) is 41.0 Å². The van der Waals surface area contributed by atoms with Crippen LogP contribution >= 0.6 is 11.6 Å². The molecule has 0 saturated carbocycles. The molecule has 1 fully saturated rings. The molecule has 0 spiro atoms. The van der Waals surface area contributed by atoms with Crippen molar-refractivity contribution in [2.45, 2.75) is 44.6 Å². The monoisotopic (exact) mass is 385 g/mol. The molecule has 0 bridgehead atoms. The maximum absolute atomic E-state index is 11.5. The quantitative estimate of drug-likeness (QED) is 0.844. The molecule has 4 rings (SSSR count). The van der Waals surface area contributed by atoms with E-state index in [4.69, 9.17) is 27.3 Å². The summed E-state index contributed by atoms with van der Waals surface area (Å²) in [4.78, 5) is 22.9. The van der Waals surface area contributed by atoms with E-state index in [1.54, 1.807) is 4.90 Å². The minimum absolute atomic E-state index is 0.152. The second-order valence-electron chi connectivity index (χ2n) is 7.31. The molecule has 27 heavy (non-hydrogen) atoms. The number of benzene rings is 1. The standard InChI is InChI=1S/C20H24ClN5O/c21-14-6-3-5-13(11-14)18-24-17-9-2-1-8-16(17)19(25-18)23-15-7-4-10-26(12-15)20(22)27/h3,5-6,11,15H,1-2,4,7-10,12H2,(H2,22,27)(H,23,24,25)/t15-/m1/s1. The van der Waals surface area contributed by atoms with Gasteiger partial charge in [-0.05, 0) is 50.7 Å². The summed E-state index contributed by atoms with van der Waals surface area (Å²) in [6.07, 6.45) is 6.19. The molecule has 7 heteroatoms. The van der Waals surface area contributed by atoms with Gasteiger partial charge >= 0.3 is 6.03 Å². The Bertz CT molecular complexity index is 856. The maximum atomic E-state index is 11.5. The second kappa shape index (κ2) is 7.72. The number of aryl methyl sites for hydroxylation is 1. The molecule has 1 aromatic carbocycles. The lowest BCUT2D eigenvalue weighted by Gasteiger charge is -2.33. The molecule has 1 aliphatic carbocycles. The molecule has 2 heterocycles. The number of amides is 2. The first-order valence-corrected chi connectivity index (χ1v) is 9.94. The summed E-state index contributed by atoms with van der Waals surface area (Å²) in [6.45, 7) is 1.34. The number of rotatable bonds is 3. The van der Waals surface area contributed by atoms with Crippen molar-refractivity contribution in [1.29, 1.82) is 0 Å². The Morgan fingerprint density at radius 1 is 1.22 bits per heavy atom. The zero-order valence-electron chi connectivity index (χ0n) is 15.2. The smallest absolute Gasteiger partial charge is 0.314 e. The van der Waals surface area contributed by atoms with E-state index < -0.39 is 0 Å². The number of primary amides is 1. The number of anilines is 1. The summed E-state index contributed by atoms with van der Waals surface area (Å²) in [5.74, 6) is 1.59. The number of fused-ring (bicyclic) bond motifs is 1. The maximum Gasteiger partial charge on any atom is 0.314 e. The number of hydrogen-bond donors (Lipinski definition) is 2. The Balaban J connectivity index is 1.66. The highest BCUT2D eigenvalue weighted by atomic mass is 35.5. The lowest BCUT2D eigenvalue weighted by atomic mass is 9.95. The molecule has 6 nitrogen and oxygen atoms in total. The van der Waals surface area contributed by atoms with Gasteiger partial charge in [-0.15, -0.1) is 0 Å². The van der Waals surface area contributed by atoms with E-state index in [9.17, 15) is 4.79 Å². The van der Waals surface area contributed by atoms with Crippen molar-refractivity contribution >= 4 is 23.4 Å². The van der Waals surface area contributed by atoms with Crippen LogP contribution in [0.2, 0.25) is 5.02 Å². The van der Waals surface area contributed by atoms with Crippen molar-refractivity contribution in [2.24, 2.45) is 5.73 Å². The van der Waals surface area contributed by atoms with E-state index >= 15 is 0 Å². The third-order valence-corrected chi connectivity index (χ3v) is 5.57. The van der Waals surface area contributed by atoms with Gasteiger partial charge in [0.05, 0.1) is 0 Å². The summed E-state index contributed by atoms with van der Waals surface area (Å²) in [5, 5.41) is 4.26. The van der Waals surface area contributed by atoms with Crippen LogP contribution in [0.15, 0.2) is 24.3 Å². The van der Waals surface area contributed by atoms with Crippen LogP contribution in [0.1, 0.15) is 36.9 Å². The predicted molar refractivity (Wildman–Crippen MR) is 107 cm³/mol. The summed E-state index contributed by atoms with van der Waals surface area (Å²) < 4.78 is 0. The van der Waals surface area contributed by atoms with Crippen LogP contribution in [0.3, 0.4) is 0 Å². The normalized spacial score (nSPS) is 19.4. The highest BCUT2D eigenvalue weighted by Crippen LogP contribution is 2.30. The highest BCUT2D eigenvalue weighted by Gasteiger charge is 2.25. The van der Waals surface area contributed by atoms with Gasteiger partial charge in [0.15, 0.2) is 5.82 Å². The lowest BCUT2D eigenvalue weighted by Crippen LogP contribution is -2.47. The van der Waals surface area contributed by atoms with Crippen LogP contribution in [0.25, 0.3) is 11.4 Å². The number of carbonyl (C=O) groups is 1. The van der Waals surface area contributed by atoms with E-state index in [-0.39, 0.29) is 12.1 Å². The lowest BCUT2D eigenvalue weighted by molar-refractivity contribution is 0.192. The average Bonchev–Trinajstić information content (AvgIpc) is 2.68. The topological polar surface area (TPSA) is 84.1 Å². The molecule has 2 aromatic rings. The fraction of sp³-hybridized carbons (Fsp3) is 0.450. The Morgan fingerprint density at radius 2 is 2.07 bits per heavy atom. The SMILES string of the molecule is NC(=O)N1CCC[C@@H](Nc2nc(-c3cccc(Cl)c3)nc3c2CCCC3)C1. The highest BCUT2D eigenvalue weighted by molar-refractivity contribution is 6.30. The second-order valence-corrected chi connectivity index (χ2v) is 7.74. The summed E-state index contributed by atoms with van der Waals surface area (Å²) in [7, 11) is 0. The first-order valence-electron chi connectivity index (χ1n) is 9.57. The molecule has 1 saturated heterocycles. The van der Waals surface area contributed by atoms with Crippen molar-refractivity contribution in [1.82, 2.24) is 14.9 Å². The Kier molecular flexibility index (Phi) is 5.16. The minimum Gasteiger partial charge on any atom is -0.365 e. The van der Waals surface area contributed by atoms with E-state index in [1.807, 2.05) is 24.3 Å². The number of nitrogens with one attached hydrogen (secondary N) is 1. The third kappa shape index (κ3) is 4.00. The molecule has 2 aliphatic rings. The number of aromatic nitrogens is 2. The Morgan fingerprint density at radius 3 is 2.89 bits per heavy atom. The number of urea groups is 1. The largest absolute Gasteiger partial charge is 0.365 e. The van der Waals surface area contributed by atoms with Gasteiger partial charge in [0.1, 0.15) is 5.82 Å². The fourth-order valence-corrected chi connectivity index (χ4v) is 4.15. The summed E-state index contributed by atoms with van der Waals surface area (Å²) >= 11 is 6.16. The van der Waals surface area contributed by atoms with Crippen LogP contribution < -0.4 is 11.1 Å². The van der Waals surface area contributed by atoms with Gasteiger partial charge in [-0.1, -0.05) is 23.7 Å². The number of nitrogens with two attached hydrogens (primary N) is 1. The predicted octanol–water partition coefficient (Wildman–Crippen LogP) is 3.63. The molecule has 0 radical (unpaired) electrons. The molecule has 2 amide bonds. The van der Waals surface area contributed by atoms with Crippen LogP contribution in [0.5, 0.6) is 0 Å². The van der Waals surface area contributed by atoms with Gasteiger partial charge in [0.25, 0.3) is 0 Å². The van der Waals surface area contributed by atoms with E-state index in [0.717, 1.165) is 62.1 Å². The molecule has 1 atom stereocenters. The number of halogens is 1. The summed E-state index contributed by atoms with van der Waals surface area (Å²) in [6, 6.07) is 7.44. The number of nitrogens with zero attached hydrogens (tertiary/aromatic N) is 3. The van der Waals surface area contributed by atoms with Gasteiger partial charge in [-0.25, -0.2) is 14.8 Å². The fourth-order valence-electron chi connectivity index (χ4n) is 3.96. The van der Waals surface area contributed by atoms with Crippen molar-refractivity contribution in [2.75, 3.05) is 18.4 Å². The zero-order chi connectivity index (χ0) is 18.8. The van der Waals surface area contributed by atoms with Crippen LogP contribution in [0, 0.1) is 0 Å². The van der Waals surface area contributed by atoms with Crippen molar-refractivity contribution < 1.29 is 4.79 Å². The van der Waals surface area contributed by atoms with Crippen LogP contribution in [0.4, 0.5) is 10.6 Å². The molecular formula is C20H24ClN5O. The Hall–Kier alpha value is -2.34. The number of likely N-dealkylation sites (tertiary alicyclic amines) is 1. The molecule has 1 aromatic heterocycles. The van der Waals surface area contributed by atoms with E-state index in [2.05, 4.69) is 5.32 Å². The van der Waals surface area contributed by atoms with Gasteiger partial charge in [-0.3, -0.25) is 0 Å². The molecule has 142 valence electrons. The molecule has 1 aliphatic heterocycles. The number of piperidine rings is 1. The van der Waals surface area contributed by atoms with Gasteiger partial charge in [0.2, 0.25) is 0 Å². The van der Waals surface area contributed by atoms with Crippen molar-refractivity contribution in [3.63, 3.8) is 0 Å². The van der Waals surface area contributed by atoms with Crippen molar-refractivity contribution in [3.8, 4) is 11.4 Å². The third-order valence-electron chi connectivity index (χ3n) is 5.34. The van der Waals surface area contributed by atoms with Gasteiger partial charge in [-0.2, -0.15) is 0 Å². The molecular weight excluding hydrogens is 362 g/mol. The van der Waals surface area contributed by atoms with Gasteiger partial charge < -0.3 is 16.0 Å². The van der Waals surface area contributed by atoms with Crippen LogP contribution in [-0.4, -0.2) is 40.0 Å². The van der Waals surface area contributed by atoms with Crippen LogP contribution in [-0.2, 0) is 12.8 Å². The zero-order valence-corrected chi connectivity index (χ0v) is 16.0. The molecule has 0 unspecified atom stereocenters. The first-order chi connectivity index (χ1) is 13.1. The summed E-state index contributed by atoms with van der Waals surface area (Å²) in [5.41, 5.74) is 8.72. The molecule has 3 N–H and O–H groups in total. The number of carbonyl (C=O) groups excluding carboxylic acids is 1. The first kappa shape index (κ1) is 18.0. The Labute approximate surface area is 164 Å².